The van der Waals surface area contributed by atoms with Crippen molar-refractivity contribution in [2.45, 2.75) is 56.8 Å². The molecule has 4 heteroatoms. The first kappa shape index (κ1) is 11.9. The standard InChI is InChI=1S/C15H20N2OS/c1-10-2-3-12(8-10)17-13(11-4-7-19-9-11)16-15(5-6-15)14(17)18/h4,7,9-10,12-13,16H,2-3,5-6,8H2,1H3. The summed E-state index contributed by atoms with van der Waals surface area (Å²) in [5, 5.41) is 7.90. The van der Waals surface area contributed by atoms with Crippen molar-refractivity contribution in [1.82, 2.24) is 10.2 Å². The zero-order valence-electron chi connectivity index (χ0n) is 11.3. The lowest BCUT2D eigenvalue weighted by atomic mass is 10.1. The lowest BCUT2D eigenvalue weighted by Gasteiger charge is -2.30. The zero-order chi connectivity index (χ0) is 13.0. The maximum absolute atomic E-state index is 12.8. The van der Waals surface area contributed by atoms with Gasteiger partial charge in [-0.2, -0.15) is 11.3 Å². The Morgan fingerprint density at radius 2 is 2.26 bits per heavy atom. The Bertz CT molecular complexity index is 494. The van der Waals surface area contributed by atoms with E-state index in [1.165, 1.54) is 24.8 Å². The van der Waals surface area contributed by atoms with E-state index in [-0.39, 0.29) is 11.7 Å². The fraction of sp³-hybridized carbons (Fsp3) is 0.667. The Balaban J connectivity index is 1.66. The van der Waals surface area contributed by atoms with Crippen molar-refractivity contribution >= 4 is 17.2 Å². The van der Waals surface area contributed by atoms with E-state index >= 15 is 0 Å². The smallest absolute Gasteiger partial charge is 0.244 e. The van der Waals surface area contributed by atoms with Crippen LogP contribution in [0.2, 0.25) is 0 Å². The van der Waals surface area contributed by atoms with Crippen LogP contribution in [-0.4, -0.2) is 22.4 Å². The van der Waals surface area contributed by atoms with Gasteiger partial charge in [-0.05, 0) is 60.4 Å². The molecule has 3 fully saturated rings. The average molecular weight is 276 g/mol. The zero-order valence-corrected chi connectivity index (χ0v) is 12.1. The molecule has 1 amide bonds. The van der Waals surface area contributed by atoms with E-state index < -0.39 is 0 Å². The molecule has 0 aromatic carbocycles. The van der Waals surface area contributed by atoms with Crippen molar-refractivity contribution in [3.05, 3.63) is 22.4 Å². The van der Waals surface area contributed by atoms with Crippen LogP contribution in [0.15, 0.2) is 16.8 Å². The first-order valence-corrected chi connectivity index (χ1v) is 8.26. The molecule has 102 valence electrons. The number of hydrogen-bond donors (Lipinski definition) is 1. The van der Waals surface area contributed by atoms with E-state index in [9.17, 15) is 4.79 Å². The van der Waals surface area contributed by atoms with Gasteiger partial charge in [-0.25, -0.2) is 0 Å². The molecule has 0 radical (unpaired) electrons. The molecule has 3 unspecified atom stereocenters. The molecule has 2 saturated carbocycles. The van der Waals surface area contributed by atoms with Crippen LogP contribution in [0.4, 0.5) is 0 Å². The van der Waals surface area contributed by atoms with Gasteiger partial charge in [-0.1, -0.05) is 6.92 Å². The molecule has 3 atom stereocenters. The fourth-order valence-electron chi connectivity index (χ4n) is 3.72. The van der Waals surface area contributed by atoms with E-state index in [0.717, 1.165) is 18.8 Å². The second-order valence-corrected chi connectivity index (χ2v) is 7.25. The molecule has 1 N–H and O–H groups in total. The van der Waals surface area contributed by atoms with E-state index in [2.05, 4.69) is 34.0 Å². The molecular formula is C15H20N2OS. The van der Waals surface area contributed by atoms with Gasteiger partial charge >= 0.3 is 0 Å². The van der Waals surface area contributed by atoms with Gasteiger partial charge in [0.05, 0.1) is 0 Å². The fourth-order valence-corrected chi connectivity index (χ4v) is 4.40. The van der Waals surface area contributed by atoms with Crippen LogP contribution in [0.5, 0.6) is 0 Å². The largest absolute Gasteiger partial charge is 0.318 e. The number of thiophene rings is 1. The molecule has 0 bridgehead atoms. The molecule has 1 aromatic heterocycles. The van der Waals surface area contributed by atoms with Crippen molar-refractivity contribution in [3.63, 3.8) is 0 Å². The summed E-state index contributed by atoms with van der Waals surface area (Å²) in [6.07, 6.45) is 5.76. The summed E-state index contributed by atoms with van der Waals surface area (Å²) in [4.78, 5) is 14.9. The number of nitrogens with zero attached hydrogens (tertiary/aromatic N) is 1. The summed E-state index contributed by atoms with van der Waals surface area (Å²) < 4.78 is 0. The Morgan fingerprint density at radius 1 is 1.42 bits per heavy atom. The summed E-state index contributed by atoms with van der Waals surface area (Å²) in [6, 6.07) is 2.60. The van der Waals surface area contributed by atoms with Crippen molar-refractivity contribution in [2.24, 2.45) is 5.92 Å². The minimum Gasteiger partial charge on any atom is -0.318 e. The first-order chi connectivity index (χ1) is 9.20. The number of carbonyl (C=O) groups is 1. The first-order valence-electron chi connectivity index (χ1n) is 7.32. The summed E-state index contributed by atoms with van der Waals surface area (Å²) >= 11 is 1.72. The van der Waals surface area contributed by atoms with Crippen LogP contribution < -0.4 is 5.32 Å². The van der Waals surface area contributed by atoms with Gasteiger partial charge in [0.15, 0.2) is 0 Å². The van der Waals surface area contributed by atoms with Gasteiger partial charge < -0.3 is 4.90 Å². The van der Waals surface area contributed by atoms with Crippen LogP contribution in [0.25, 0.3) is 0 Å². The van der Waals surface area contributed by atoms with E-state index in [1.807, 2.05) is 0 Å². The minimum absolute atomic E-state index is 0.122. The van der Waals surface area contributed by atoms with Crippen molar-refractivity contribution in [2.75, 3.05) is 0 Å². The molecule has 4 rings (SSSR count). The summed E-state index contributed by atoms with van der Waals surface area (Å²) in [5.74, 6) is 1.12. The Hall–Kier alpha value is -0.870. The lowest BCUT2D eigenvalue weighted by molar-refractivity contribution is -0.133. The van der Waals surface area contributed by atoms with Crippen molar-refractivity contribution < 1.29 is 4.79 Å². The normalized spacial score (nSPS) is 36.4. The highest BCUT2D eigenvalue weighted by molar-refractivity contribution is 7.07. The van der Waals surface area contributed by atoms with Crippen molar-refractivity contribution in [3.8, 4) is 0 Å². The van der Waals surface area contributed by atoms with Gasteiger partial charge in [0.25, 0.3) is 0 Å². The van der Waals surface area contributed by atoms with E-state index in [1.54, 1.807) is 11.3 Å². The minimum atomic E-state index is -0.196. The number of rotatable bonds is 2. The number of nitrogens with one attached hydrogen (secondary N) is 1. The average Bonchev–Trinajstić information content (AvgIpc) is 2.79. The third kappa shape index (κ3) is 1.77. The molecule has 1 aromatic rings. The molecule has 2 heterocycles. The summed E-state index contributed by atoms with van der Waals surface area (Å²) in [6.45, 7) is 2.31. The summed E-state index contributed by atoms with van der Waals surface area (Å²) in [5.41, 5.74) is 1.07. The van der Waals surface area contributed by atoms with Crippen LogP contribution in [0.1, 0.15) is 50.8 Å². The molecule has 3 nitrogen and oxygen atoms in total. The summed E-state index contributed by atoms with van der Waals surface area (Å²) in [7, 11) is 0. The second-order valence-electron chi connectivity index (χ2n) is 6.47. The molecule has 2 aliphatic carbocycles. The van der Waals surface area contributed by atoms with Gasteiger partial charge in [-0.15, -0.1) is 0 Å². The molecule has 1 saturated heterocycles. The molecular weight excluding hydrogens is 256 g/mol. The predicted molar refractivity (Wildman–Crippen MR) is 75.8 cm³/mol. The molecule has 19 heavy (non-hydrogen) atoms. The predicted octanol–water partition coefficient (Wildman–Crippen LogP) is 2.90. The SMILES string of the molecule is CC1CCC(N2C(=O)C3(CC3)NC2c2ccsc2)C1. The lowest BCUT2D eigenvalue weighted by Crippen LogP contribution is -2.39. The Kier molecular flexibility index (Phi) is 2.55. The third-order valence-electron chi connectivity index (χ3n) is 5.00. The Labute approximate surface area is 118 Å². The maximum atomic E-state index is 12.8. The van der Waals surface area contributed by atoms with Crippen LogP contribution in [-0.2, 0) is 4.79 Å². The second kappa shape index (κ2) is 4.06. The Morgan fingerprint density at radius 3 is 2.84 bits per heavy atom. The number of hydrogen-bond acceptors (Lipinski definition) is 3. The van der Waals surface area contributed by atoms with Gasteiger partial charge in [0, 0.05) is 6.04 Å². The van der Waals surface area contributed by atoms with Crippen LogP contribution in [0.3, 0.4) is 0 Å². The van der Waals surface area contributed by atoms with E-state index in [4.69, 9.17) is 0 Å². The topological polar surface area (TPSA) is 32.3 Å². The number of amides is 1. The van der Waals surface area contributed by atoms with E-state index in [0.29, 0.717) is 11.9 Å². The highest BCUT2D eigenvalue weighted by Crippen LogP contribution is 2.48. The van der Waals surface area contributed by atoms with Gasteiger partial charge in [-0.3, -0.25) is 10.1 Å². The molecule has 1 aliphatic heterocycles. The van der Waals surface area contributed by atoms with Crippen LogP contribution >= 0.6 is 11.3 Å². The maximum Gasteiger partial charge on any atom is 0.244 e. The van der Waals surface area contributed by atoms with Crippen molar-refractivity contribution in [1.29, 1.82) is 0 Å². The molecule has 1 spiro atoms. The highest BCUT2D eigenvalue weighted by atomic mass is 32.1. The number of carbonyl (C=O) groups excluding carboxylic acids is 1. The highest BCUT2D eigenvalue weighted by Gasteiger charge is 2.60. The van der Waals surface area contributed by atoms with Gasteiger partial charge in [0.1, 0.15) is 11.7 Å². The van der Waals surface area contributed by atoms with Crippen LogP contribution in [0, 0.1) is 5.92 Å². The monoisotopic (exact) mass is 276 g/mol. The van der Waals surface area contributed by atoms with Gasteiger partial charge in [0.2, 0.25) is 5.91 Å². The molecule has 3 aliphatic rings. The third-order valence-corrected chi connectivity index (χ3v) is 5.71. The quantitative estimate of drug-likeness (QED) is 0.901.